The van der Waals surface area contributed by atoms with Gasteiger partial charge in [-0.1, -0.05) is 0 Å². The number of aliphatic hydroxyl groups is 1. The van der Waals surface area contributed by atoms with E-state index in [0.29, 0.717) is 13.2 Å². The third kappa shape index (κ3) is 1.47. The zero-order chi connectivity index (χ0) is 9.26. The Bertz CT molecular complexity index is 320. The lowest BCUT2D eigenvalue weighted by Crippen LogP contribution is -2.15. The van der Waals surface area contributed by atoms with E-state index >= 15 is 0 Å². The number of ether oxygens (including phenoxy) is 2. The predicted octanol–water partition coefficient (Wildman–Crippen LogP) is 1.26. The largest absolute Gasteiger partial charge is 0.486 e. The SMILES string of the molecule is Cc1cc2c(cc1CO)OCCO2. The molecule has 0 aromatic heterocycles. The van der Waals surface area contributed by atoms with E-state index < -0.39 is 0 Å². The van der Waals surface area contributed by atoms with Crippen LogP contribution in [0.25, 0.3) is 0 Å². The molecular weight excluding hydrogens is 168 g/mol. The fraction of sp³-hybridized carbons (Fsp3) is 0.400. The molecule has 1 aliphatic rings. The summed E-state index contributed by atoms with van der Waals surface area (Å²) in [7, 11) is 0. The topological polar surface area (TPSA) is 38.7 Å². The van der Waals surface area contributed by atoms with Gasteiger partial charge in [0.2, 0.25) is 0 Å². The first-order valence-electron chi connectivity index (χ1n) is 4.31. The van der Waals surface area contributed by atoms with E-state index in [1.165, 1.54) is 0 Å². The molecule has 0 spiro atoms. The predicted molar refractivity (Wildman–Crippen MR) is 48.1 cm³/mol. The molecule has 3 heteroatoms. The van der Waals surface area contributed by atoms with Gasteiger partial charge in [0, 0.05) is 0 Å². The van der Waals surface area contributed by atoms with Crippen LogP contribution < -0.4 is 9.47 Å². The molecule has 0 bridgehead atoms. The number of aryl methyl sites for hydroxylation is 1. The van der Waals surface area contributed by atoms with Gasteiger partial charge in [-0.15, -0.1) is 0 Å². The van der Waals surface area contributed by atoms with E-state index in [1.54, 1.807) is 0 Å². The van der Waals surface area contributed by atoms with Crippen LogP contribution >= 0.6 is 0 Å². The minimum absolute atomic E-state index is 0.0441. The molecule has 1 aromatic carbocycles. The normalized spacial score (nSPS) is 14.3. The molecule has 70 valence electrons. The van der Waals surface area contributed by atoms with Crippen molar-refractivity contribution in [1.82, 2.24) is 0 Å². The van der Waals surface area contributed by atoms with Gasteiger partial charge in [0.1, 0.15) is 13.2 Å². The molecule has 2 rings (SSSR count). The van der Waals surface area contributed by atoms with Gasteiger partial charge >= 0.3 is 0 Å². The van der Waals surface area contributed by atoms with Crippen LogP contribution in [0.3, 0.4) is 0 Å². The molecule has 3 nitrogen and oxygen atoms in total. The van der Waals surface area contributed by atoms with Crippen LogP contribution in [0.15, 0.2) is 12.1 Å². The molecule has 0 saturated heterocycles. The quantitative estimate of drug-likeness (QED) is 0.707. The molecule has 1 heterocycles. The van der Waals surface area contributed by atoms with Gasteiger partial charge in [-0.05, 0) is 30.2 Å². The van der Waals surface area contributed by atoms with Crippen LogP contribution in [0.5, 0.6) is 11.5 Å². The van der Waals surface area contributed by atoms with Gasteiger partial charge in [-0.2, -0.15) is 0 Å². The van der Waals surface area contributed by atoms with E-state index in [0.717, 1.165) is 22.6 Å². The molecule has 0 radical (unpaired) electrons. The van der Waals surface area contributed by atoms with Gasteiger partial charge < -0.3 is 14.6 Å². The van der Waals surface area contributed by atoms with Crippen LogP contribution in [0.4, 0.5) is 0 Å². The van der Waals surface area contributed by atoms with E-state index in [2.05, 4.69) is 0 Å². The van der Waals surface area contributed by atoms with Gasteiger partial charge in [0.05, 0.1) is 6.61 Å². The minimum atomic E-state index is 0.0441. The van der Waals surface area contributed by atoms with Crippen molar-refractivity contribution >= 4 is 0 Å². The van der Waals surface area contributed by atoms with E-state index in [9.17, 15) is 0 Å². The summed E-state index contributed by atoms with van der Waals surface area (Å²) in [6.07, 6.45) is 0. The Hall–Kier alpha value is -1.22. The summed E-state index contributed by atoms with van der Waals surface area (Å²) < 4.78 is 10.8. The fourth-order valence-electron chi connectivity index (χ4n) is 1.40. The molecular formula is C10H12O3. The van der Waals surface area contributed by atoms with Gasteiger partial charge in [-0.25, -0.2) is 0 Å². The van der Waals surface area contributed by atoms with Crippen LogP contribution in [0.2, 0.25) is 0 Å². The number of aliphatic hydroxyl groups excluding tert-OH is 1. The molecule has 13 heavy (non-hydrogen) atoms. The van der Waals surface area contributed by atoms with Crippen LogP contribution in [0.1, 0.15) is 11.1 Å². The fourth-order valence-corrected chi connectivity index (χ4v) is 1.40. The molecule has 1 aliphatic heterocycles. The second-order valence-corrected chi connectivity index (χ2v) is 3.08. The van der Waals surface area contributed by atoms with Crippen molar-refractivity contribution in [2.24, 2.45) is 0 Å². The lowest BCUT2D eigenvalue weighted by atomic mass is 10.1. The molecule has 1 N–H and O–H groups in total. The summed E-state index contributed by atoms with van der Waals surface area (Å²) in [5.41, 5.74) is 1.93. The summed E-state index contributed by atoms with van der Waals surface area (Å²) in [6.45, 7) is 3.18. The highest BCUT2D eigenvalue weighted by molar-refractivity contribution is 5.47. The Labute approximate surface area is 76.9 Å². The van der Waals surface area contributed by atoms with Crippen molar-refractivity contribution < 1.29 is 14.6 Å². The molecule has 0 atom stereocenters. The Morgan fingerprint density at radius 2 is 1.85 bits per heavy atom. The van der Waals surface area contributed by atoms with Crippen molar-refractivity contribution in [2.75, 3.05) is 13.2 Å². The van der Waals surface area contributed by atoms with Crippen molar-refractivity contribution in [2.45, 2.75) is 13.5 Å². The second-order valence-electron chi connectivity index (χ2n) is 3.08. The Kier molecular flexibility index (Phi) is 2.10. The summed E-state index contributed by atoms with van der Waals surface area (Å²) in [6, 6.07) is 3.74. The number of rotatable bonds is 1. The first-order chi connectivity index (χ1) is 6.31. The Morgan fingerprint density at radius 1 is 1.23 bits per heavy atom. The Balaban J connectivity index is 2.44. The monoisotopic (exact) mass is 180 g/mol. The third-order valence-corrected chi connectivity index (χ3v) is 2.17. The number of hydrogen-bond donors (Lipinski definition) is 1. The molecule has 1 aromatic rings. The van der Waals surface area contributed by atoms with Crippen LogP contribution in [-0.4, -0.2) is 18.3 Å². The third-order valence-electron chi connectivity index (χ3n) is 2.17. The smallest absolute Gasteiger partial charge is 0.161 e. The summed E-state index contributed by atoms with van der Waals surface area (Å²) in [4.78, 5) is 0. The summed E-state index contributed by atoms with van der Waals surface area (Å²) in [5, 5.41) is 9.02. The first kappa shape index (κ1) is 8.38. The highest BCUT2D eigenvalue weighted by Crippen LogP contribution is 2.32. The zero-order valence-electron chi connectivity index (χ0n) is 7.54. The molecule has 0 amide bonds. The molecule has 0 fully saturated rings. The lowest BCUT2D eigenvalue weighted by Gasteiger charge is -2.19. The first-order valence-corrected chi connectivity index (χ1v) is 4.31. The van der Waals surface area contributed by atoms with Crippen molar-refractivity contribution in [3.8, 4) is 11.5 Å². The zero-order valence-corrected chi connectivity index (χ0v) is 7.54. The average Bonchev–Trinajstić information content (AvgIpc) is 2.17. The van der Waals surface area contributed by atoms with Gasteiger partial charge in [0.15, 0.2) is 11.5 Å². The van der Waals surface area contributed by atoms with Crippen molar-refractivity contribution in [1.29, 1.82) is 0 Å². The maximum Gasteiger partial charge on any atom is 0.161 e. The molecule has 0 saturated carbocycles. The second kappa shape index (κ2) is 3.26. The van der Waals surface area contributed by atoms with Gasteiger partial charge in [0.25, 0.3) is 0 Å². The average molecular weight is 180 g/mol. The lowest BCUT2D eigenvalue weighted by molar-refractivity contribution is 0.170. The minimum Gasteiger partial charge on any atom is -0.486 e. The number of hydrogen-bond acceptors (Lipinski definition) is 3. The Morgan fingerprint density at radius 3 is 2.46 bits per heavy atom. The van der Waals surface area contributed by atoms with E-state index in [1.807, 2.05) is 19.1 Å². The maximum atomic E-state index is 9.02. The molecule has 0 unspecified atom stereocenters. The van der Waals surface area contributed by atoms with Crippen molar-refractivity contribution in [3.63, 3.8) is 0 Å². The highest BCUT2D eigenvalue weighted by atomic mass is 16.6. The van der Waals surface area contributed by atoms with Gasteiger partial charge in [-0.3, -0.25) is 0 Å². The summed E-state index contributed by atoms with van der Waals surface area (Å²) in [5.74, 6) is 1.52. The van der Waals surface area contributed by atoms with Crippen LogP contribution in [0, 0.1) is 6.92 Å². The summed E-state index contributed by atoms with van der Waals surface area (Å²) >= 11 is 0. The number of fused-ring (bicyclic) bond motifs is 1. The number of benzene rings is 1. The van der Waals surface area contributed by atoms with Crippen molar-refractivity contribution in [3.05, 3.63) is 23.3 Å². The highest BCUT2D eigenvalue weighted by Gasteiger charge is 2.13. The molecule has 0 aliphatic carbocycles. The maximum absolute atomic E-state index is 9.02. The standard InChI is InChI=1S/C10H12O3/c1-7-4-9-10(5-8(7)6-11)13-3-2-12-9/h4-5,11H,2-3,6H2,1H3. The van der Waals surface area contributed by atoms with E-state index in [-0.39, 0.29) is 6.61 Å². The van der Waals surface area contributed by atoms with Crippen LogP contribution in [-0.2, 0) is 6.61 Å². The van der Waals surface area contributed by atoms with E-state index in [4.69, 9.17) is 14.6 Å².